The average Bonchev–Trinajstić information content (AvgIpc) is 2.74. The minimum Gasteiger partial charge on any atom is -0.337 e. The van der Waals surface area contributed by atoms with Crippen LogP contribution in [0.5, 0.6) is 0 Å². The highest BCUT2D eigenvalue weighted by Crippen LogP contribution is 2.36. The van der Waals surface area contributed by atoms with Gasteiger partial charge in [0.05, 0.1) is 0 Å². The maximum Gasteiger partial charge on any atom is 0.263 e. The molecule has 1 saturated heterocycles. The number of fused-ring (bicyclic) bond motifs is 4. The molecule has 0 saturated carbocycles. The van der Waals surface area contributed by atoms with Crippen LogP contribution in [0, 0.1) is 12.8 Å². The molecule has 7 heteroatoms. The van der Waals surface area contributed by atoms with Gasteiger partial charge in [-0.15, -0.1) is 0 Å². The van der Waals surface area contributed by atoms with Crippen LogP contribution in [0.1, 0.15) is 34.2 Å². The van der Waals surface area contributed by atoms with E-state index < -0.39 is 5.56 Å². The summed E-state index contributed by atoms with van der Waals surface area (Å²) < 4.78 is 1.85. The molecule has 4 heterocycles. The van der Waals surface area contributed by atoms with E-state index in [-0.39, 0.29) is 28.9 Å². The molecular weight excluding hydrogens is 380 g/mol. The summed E-state index contributed by atoms with van der Waals surface area (Å²) in [4.78, 5) is 46.5. The van der Waals surface area contributed by atoms with Crippen LogP contribution >= 0.6 is 0 Å². The van der Waals surface area contributed by atoms with Crippen molar-refractivity contribution in [2.75, 3.05) is 13.1 Å². The number of rotatable bonds is 2. The van der Waals surface area contributed by atoms with Gasteiger partial charge in [-0.05, 0) is 36.5 Å². The van der Waals surface area contributed by atoms with E-state index in [0.717, 1.165) is 23.2 Å². The summed E-state index contributed by atoms with van der Waals surface area (Å²) in [7, 11) is 0. The Labute approximate surface area is 173 Å². The minimum absolute atomic E-state index is 0.00000798. The highest BCUT2D eigenvalue weighted by Gasteiger charge is 2.37. The fourth-order valence-corrected chi connectivity index (χ4v) is 4.73. The zero-order chi connectivity index (χ0) is 20.8. The number of hydrogen-bond donors (Lipinski definition) is 1. The first kappa shape index (κ1) is 18.5. The van der Waals surface area contributed by atoms with Gasteiger partial charge in [0.25, 0.3) is 17.0 Å². The largest absolute Gasteiger partial charge is 0.337 e. The van der Waals surface area contributed by atoms with Crippen LogP contribution in [-0.2, 0) is 6.54 Å². The van der Waals surface area contributed by atoms with Crippen LogP contribution in [-0.4, -0.2) is 38.4 Å². The number of carbonyl (C=O) groups is 1. The van der Waals surface area contributed by atoms with Crippen molar-refractivity contribution in [1.29, 1.82) is 0 Å². The molecule has 0 spiro atoms. The molecule has 30 heavy (non-hydrogen) atoms. The SMILES string of the molecule is Cc1ncc(C(=O)N2C[C@@H]3C[C@H](C2)c2cc(-c4ccccc4)cc(=O)n2C3)c(=O)[nH]1. The Hall–Kier alpha value is -3.48. The quantitative estimate of drug-likeness (QED) is 0.712. The van der Waals surface area contributed by atoms with Gasteiger partial charge < -0.3 is 14.5 Å². The van der Waals surface area contributed by atoms with Gasteiger partial charge in [0.15, 0.2) is 0 Å². The lowest BCUT2D eigenvalue weighted by Gasteiger charge is -2.42. The summed E-state index contributed by atoms with van der Waals surface area (Å²) in [5, 5.41) is 0. The molecule has 0 aliphatic carbocycles. The predicted molar refractivity (Wildman–Crippen MR) is 112 cm³/mol. The van der Waals surface area contributed by atoms with Crippen molar-refractivity contribution in [2.45, 2.75) is 25.8 Å². The number of H-pyrrole nitrogens is 1. The van der Waals surface area contributed by atoms with E-state index in [1.807, 2.05) is 34.9 Å². The smallest absolute Gasteiger partial charge is 0.263 e. The first-order chi connectivity index (χ1) is 14.5. The van der Waals surface area contributed by atoms with Crippen molar-refractivity contribution < 1.29 is 4.79 Å². The number of aromatic amines is 1. The van der Waals surface area contributed by atoms with Crippen molar-refractivity contribution in [3.8, 4) is 11.1 Å². The third kappa shape index (κ3) is 3.16. The summed E-state index contributed by atoms with van der Waals surface area (Å²) in [5.74, 6) is 0.440. The van der Waals surface area contributed by atoms with E-state index in [1.54, 1.807) is 17.9 Å². The lowest BCUT2D eigenvalue weighted by Crippen LogP contribution is -2.50. The third-order valence-corrected chi connectivity index (χ3v) is 6.11. The maximum absolute atomic E-state index is 13.0. The standard InChI is InChI=1S/C23H22N4O3/c1-14-24-10-19(22(29)25-14)23(30)26-11-15-7-18(13-26)20-8-17(9-21(28)27(20)12-15)16-5-3-2-4-6-16/h2-6,8-10,15,18H,7,11-13H2,1H3,(H,24,25,29)/t15-,18+/m0/s1. The zero-order valence-corrected chi connectivity index (χ0v) is 16.7. The van der Waals surface area contributed by atoms with E-state index in [0.29, 0.717) is 25.5 Å². The van der Waals surface area contributed by atoms with Crippen molar-refractivity contribution in [3.05, 3.63) is 86.5 Å². The number of pyridine rings is 1. The van der Waals surface area contributed by atoms with Crippen LogP contribution in [0.2, 0.25) is 0 Å². The number of benzene rings is 1. The Morgan fingerprint density at radius 1 is 1.07 bits per heavy atom. The molecular formula is C23H22N4O3. The second kappa shape index (κ2) is 7.09. The lowest BCUT2D eigenvalue weighted by atomic mass is 9.82. The molecule has 0 unspecified atom stereocenters. The zero-order valence-electron chi connectivity index (χ0n) is 16.7. The Morgan fingerprint density at radius 3 is 2.63 bits per heavy atom. The van der Waals surface area contributed by atoms with Crippen LogP contribution in [0.15, 0.2) is 58.3 Å². The normalized spacial score (nSPS) is 20.0. The van der Waals surface area contributed by atoms with Crippen molar-refractivity contribution in [1.82, 2.24) is 19.4 Å². The van der Waals surface area contributed by atoms with Gasteiger partial charge in [-0.25, -0.2) is 4.98 Å². The molecule has 2 aliphatic heterocycles. The number of likely N-dealkylation sites (tertiary alicyclic amines) is 1. The van der Waals surface area contributed by atoms with Gasteiger partial charge in [0.2, 0.25) is 0 Å². The van der Waals surface area contributed by atoms with Gasteiger partial charge in [-0.1, -0.05) is 30.3 Å². The summed E-state index contributed by atoms with van der Waals surface area (Å²) in [6.07, 6.45) is 2.29. The summed E-state index contributed by atoms with van der Waals surface area (Å²) >= 11 is 0. The molecule has 2 aromatic heterocycles. The molecule has 1 N–H and O–H groups in total. The Kier molecular flexibility index (Phi) is 4.38. The van der Waals surface area contributed by atoms with Gasteiger partial charge in [-0.2, -0.15) is 0 Å². The Morgan fingerprint density at radius 2 is 1.87 bits per heavy atom. The molecule has 2 atom stereocenters. The summed E-state index contributed by atoms with van der Waals surface area (Å²) in [5.41, 5.74) is 2.52. The van der Waals surface area contributed by atoms with Gasteiger partial charge in [0.1, 0.15) is 11.4 Å². The minimum atomic E-state index is -0.411. The van der Waals surface area contributed by atoms with Crippen LogP contribution < -0.4 is 11.1 Å². The van der Waals surface area contributed by atoms with Gasteiger partial charge in [-0.3, -0.25) is 14.4 Å². The second-order valence-corrected chi connectivity index (χ2v) is 8.20. The van der Waals surface area contributed by atoms with E-state index in [2.05, 4.69) is 16.0 Å². The third-order valence-electron chi connectivity index (χ3n) is 6.11. The van der Waals surface area contributed by atoms with Crippen LogP contribution in [0.3, 0.4) is 0 Å². The number of nitrogens with zero attached hydrogens (tertiary/aromatic N) is 3. The monoisotopic (exact) mass is 402 g/mol. The number of carbonyl (C=O) groups excluding carboxylic acids is 1. The highest BCUT2D eigenvalue weighted by molar-refractivity contribution is 5.93. The number of hydrogen-bond acceptors (Lipinski definition) is 4. The molecule has 7 nitrogen and oxygen atoms in total. The average molecular weight is 402 g/mol. The lowest BCUT2D eigenvalue weighted by molar-refractivity contribution is 0.0592. The van der Waals surface area contributed by atoms with Crippen molar-refractivity contribution in [2.24, 2.45) is 5.92 Å². The summed E-state index contributed by atoms with van der Waals surface area (Å²) in [6, 6.07) is 13.6. The number of aryl methyl sites for hydroxylation is 1. The van der Waals surface area contributed by atoms with E-state index in [4.69, 9.17) is 0 Å². The molecule has 3 aromatic rings. The van der Waals surface area contributed by atoms with Crippen LogP contribution in [0.4, 0.5) is 0 Å². The van der Waals surface area contributed by atoms with Crippen molar-refractivity contribution >= 4 is 5.91 Å². The van der Waals surface area contributed by atoms with E-state index >= 15 is 0 Å². The fraction of sp³-hybridized carbons (Fsp3) is 0.304. The number of piperidine rings is 1. The first-order valence-electron chi connectivity index (χ1n) is 10.1. The fourth-order valence-electron chi connectivity index (χ4n) is 4.73. The summed E-state index contributed by atoms with van der Waals surface area (Å²) in [6.45, 7) is 3.29. The number of nitrogens with one attached hydrogen (secondary N) is 1. The Balaban J connectivity index is 1.49. The molecule has 1 amide bonds. The molecule has 5 rings (SSSR count). The molecule has 1 fully saturated rings. The number of aromatic nitrogens is 3. The molecule has 0 radical (unpaired) electrons. The molecule has 1 aromatic carbocycles. The second-order valence-electron chi connectivity index (χ2n) is 8.20. The molecule has 2 bridgehead atoms. The van der Waals surface area contributed by atoms with Gasteiger partial charge in [0, 0.05) is 43.5 Å². The highest BCUT2D eigenvalue weighted by atomic mass is 16.2. The maximum atomic E-state index is 13.0. The topological polar surface area (TPSA) is 88.1 Å². The number of amides is 1. The van der Waals surface area contributed by atoms with Crippen LogP contribution in [0.25, 0.3) is 11.1 Å². The molecule has 2 aliphatic rings. The first-order valence-corrected chi connectivity index (χ1v) is 10.1. The van der Waals surface area contributed by atoms with E-state index in [1.165, 1.54) is 6.20 Å². The van der Waals surface area contributed by atoms with Gasteiger partial charge >= 0.3 is 0 Å². The predicted octanol–water partition coefficient (Wildman–Crippen LogP) is 2.17. The van der Waals surface area contributed by atoms with E-state index in [9.17, 15) is 14.4 Å². The molecule has 152 valence electrons. The van der Waals surface area contributed by atoms with Crippen molar-refractivity contribution in [3.63, 3.8) is 0 Å². The Bertz CT molecular complexity index is 1250.